The van der Waals surface area contributed by atoms with Crippen LogP contribution in [0.4, 0.5) is 30.7 Å². The molecular formula is C8H7CrF7NO3+2. The predicted molar refractivity (Wildman–Crippen MR) is 43.2 cm³/mol. The second-order valence-corrected chi connectivity index (χ2v) is 3.45. The molecule has 0 bridgehead atoms. The summed E-state index contributed by atoms with van der Waals surface area (Å²) in [6.07, 6.45) is -16.2. The second kappa shape index (κ2) is 7.12. The molecule has 115 valence electrons. The van der Waals surface area contributed by atoms with E-state index in [0.717, 1.165) is 0 Å². The Morgan fingerprint density at radius 3 is 1.65 bits per heavy atom. The van der Waals surface area contributed by atoms with Gasteiger partial charge < -0.3 is 15.2 Å². The molecule has 12 heteroatoms. The number of rotatable bonds is 5. The first-order valence-corrected chi connectivity index (χ1v) is 4.60. The Hall–Kier alpha value is -1.02. The second-order valence-electron chi connectivity index (χ2n) is 3.45. The summed E-state index contributed by atoms with van der Waals surface area (Å²) >= 11 is 0. The number of nitrogens with one attached hydrogen (secondary N) is 1. The fourth-order valence-electron chi connectivity index (χ4n) is 0.989. The summed E-state index contributed by atoms with van der Waals surface area (Å²) in [5.41, 5.74) is -5.53. The van der Waals surface area contributed by atoms with Gasteiger partial charge in [-0.15, -0.1) is 0 Å². The zero-order valence-corrected chi connectivity index (χ0v) is 10.7. The molecule has 0 aromatic carbocycles. The van der Waals surface area contributed by atoms with Crippen molar-refractivity contribution in [1.29, 1.82) is 0 Å². The number of hydrogen-bond acceptors (Lipinski definition) is 3. The number of carbonyl (C=O) groups excluding carboxylic acids is 2. The molecule has 0 saturated carbocycles. The van der Waals surface area contributed by atoms with Crippen molar-refractivity contribution in [2.75, 3.05) is 6.54 Å². The molecule has 0 spiro atoms. The normalized spacial score (nSPS) is 12.6. The number of hydrogen-bond donors (Lipinski definition) is 1. The van der Waals surface area contributed by atoms with Gasteiger partial charge in [0, 0.05) is 12.8 Å². The molecule has 20 heavy (non-hydrogen) atoms. The minimum Gasteiger partial charge on any atom is -0.548 e. The van der Waals surface area contributed by atoms with Crippen LogP contribution in [0.2, 0.25) is 0 Å². The van der Waals surface area contributed by atoms with Gasteiger partial charge in [0.2, 0.25) is 5.91 Å². The molecular weight excluding hydrogens is 343 g/mol. The topological polar surface area (TPSA) is 69.2 Å². The molecule has 4 nitrogen and oxygen atoms in total. The first-order chi connectivity index (χ1) is 8.31. The SMILES string of the molecule is O=C([O-])CNC(=O)CCC(F)(C(F)(F)F)C(F)(F)F.[Cr+3]. The van der Waals surface area contributed by atoms with Gasteiger partial charge in [-0.25, -0.2) is 4.39 Å². The molecule has 1 amide bonds. The Bertz CT molecular complexity index is 341. The Kier molecular flexibility index (Phi) is 7.58. The fourth-order valence-corrected chi connectivity index (χ4v) is 0.989. The van der Waals surface area contributed by atoms with Gasteiger partial charge >= 0.3 is 29.7 Å². The van der Waals surface area contributed by atoms with Crippen LogP contribution in [0, 0.1) is 0 Å². The van der Waals surface area contributed by atoms with Crippen LogP contribution in [-0.2, 0) is 27.0 Å². The van der Waals surface area contributed by atoms with E-state index in [1.54, 1.807) is 0 Å². The maximum Gasteiger partial charge on any atom is 3.00 e. The van der Waals surface area contributed by atoms with Crippen molar-refractivity contribution >= 4 is 11.9 Å². The van der Waals surface area contributed by atoms with Crippen LogP contribution in [0.1, 0.15) is 12.8 Å². The zero-order valence-electron chi connectivity index (χ0n) is 9.40. The summed E-state index contributed by atoms with van der Waals surface area (Å²) in [5.74, 6) is -3.27. The van der Waals surface area contributed by atoms with Gasteiger partial charge in [-0.1, -0.05) is 0 Å². The standard InChI is InChI=1S/C8H8F7NO3.Cr/c9-6(7(10,11)12,8(13,14)15)2-1-4(17)16-3-5(18)19;/h1-3H2,(H,16,17)(H,18,19);/q;+3/p-1. The third-order valence-corrected chi connectivity index (χ3v) is 2.03. The third-order valence-electron chi connectivity index (χ3n) is 2.03. The van der Waals surface area contributed by atoms with Gasteiger partial charge in [-0.2, -0.15) is 26.3 Å². The maximum atomic E-state index is 13.0. The van der Waals surface area contributed by atoms with E-state index >= 15 is 0 Å². The molecule has 0 atom stereocenters. The van der Waals surface area contributed by atoms with Crippen molar-refractivity contribution in [3.63, 3.8) is 0 Å². The summed E-state index contributed by atoms with van der Waals surface area (Å²) in [4.78, 5) is 20.6. The average Bonchev–Trinajstić information content (AvgIpc) is 2.19. The van der Waals surface area contributed by atoms with E-state index < -0.39 is 49.3 Å². The first-order valence-electron chi connectivity index (χ1n) is 4.60. The molecule has 0 heterocycles. The Balaban J connectivity index is 0. The van der Waals surface area contributed by atoms with E-state index in [2.05, 4.69) is 0 Å². The third kappa shape index (κ3) is 5.54. The van der Waals surface area contributed by atoms with E-state index in [-0.39, 0.29) is 17.4 Å². The van der Waals surface area contributed by atoms with Crippen LogP contribution in [0.3, 0.4) is 0 Å². The van der Waals surface area contributed by atoms with Crippen molar-refractivity contribution in [3.8, 4) is 0 Å². The van der Waals surface area contributed by atoms with Crippen LogP contribution >= 0.6 is 0 Å². The van der Waals surface area contributed by atoms with Crippen molar-refractivity contribution in [2.45, 2.75) is 30.9 Å². The Morgan fingerprint density at radius 1 is 0.950 bits per heavy atom. The number of carbonyl (C=O) groups is 2. The van der Waals surface area contributed by atoms with Crippen LogP contribution in [0.15, 0.2) is 0 Å². The van der Waals surface area contributed by atoms with Crippen LogP contribution < -0.4 is 10.4 Å². The Morgan fingerprint density at radius 2 is 1.35 bits per heavy atom. The number of carboxylic acid groups (broad SMARTS) is 1. The molecule has 1 N–H and O–H groups in total. The van der Waals surface area contributed by atoms with Gasteiger partial charge in [0.15, 0.2) is 0 Å². The summed E-state index contributed by atoms with van der Waals surface area (Å²) in [5, 5.41) is 11.3. The first kappa shape index (κ1) is 21.3. The molecule has 0 saturated heterocycles. The number of alkyl halides is 7. The number of halogens is 7. The molecule has 0 aliphatic rings. The van der Waals surface area contributed by atoms with Gasteiger partial charge in [0.1, 0.15) is 0 Å². The number of carboxylic acids is 1. The van der Waals surface area contributed by atoms with E-state index in [9.17, 15) is 45.4 Å². The minimum atomic E-state index is -6.24. The van der Waals surface area contributed by atoms with E-state index in [1.165, 1.54) is 5.32 Å². The average molecular weight is 350 g/mol. The summed E-state index contributed by atoms with van der Waals surface area (Å²) in [6, 6.07) is 0. The smallest absolute Gasteiger partial charge is 0.548 e. The van der Waals surface area contributed by atoms with Gasteiger partial charge in [0.25, 0.3) is 5.67 Å². The maximum absolute atomic E-state index is 13.0. The summed E-state index contributed by atoms with van der Waals surface area (Å²) in [7, 11) is 0. The largest absolute Gasteiger partial charge is 3.00 e. The van der Waals surface area contributed by atoms with Crippen molar-refractivity contribution in [2.24, 2.45) is 0 Å². The number of aliphatic carboxylic acids is 1. The summed E-state index contributed by atoms with van der Waals surface area (Å²) < 4.78 is 85.2. The van der Waals surface area contributed by atoms with E-state index in [4.69, 9.17) is 0 Å². The molecule has 0 aliphatic heterocycles. The fraction of sp³-hybridized carbons (Fsp3) is 0.750. The molecule has 0 fully saturated rings. The zero-order chi connectivity index (χ0) is 15.5. The molecule has 0 aromatic rings. The van der Waals surface area contributed by atoms with Crippen molar-refractivity contribution in [3.05, 3.63) is 0 Å². The molecule has 0 aliphatic carbocycles. The minimum absolute atomic E-state index is 0. The van der Waals surface area contributed by atoms with Gasteiger partial charge in [-0.05, 0) is 0 Å². The van der Waals surface area contributed by atoms with Crippen LogP contribution in [-0.4, -0.2) is 36.4 Å². The van der Waals surface area contributed by atoms with Crippen LogP contribution in [0.25, 0.3) is 0 Å². The Labute approximate surface area is 118 Å². The monoisotopic (exact) mass is 350 g/mol. The quantitative estimate of drug-likeness (QED) is 0.733. The van der Waals surface area contributed by atoms with E-state index in [0.29, 0.717) is 0 Å². The molecule has 0 rings (SSSR count). The molecule has 1 radical (unpaired) electrons. The van der Waals surface area contributed by atoms with Crippen molar-refractivity contribution in [1.82, 2.24) is 5.32 Å². The predicted octanol–water partition coefficient (Wildman–Crippen LogP) is 0.463. The number of amides is 1. The van der Waals surface area contributed by atoms with Crippen LogP contribution in [0.5, 0.6) is 0 Å². The summed E-state index contributed by atoms with van der Waals surface area (Å²) in [6.45, 7) is -1.10. The van der Waals surface area contributed by atoms with Gasteiger partial charge in [-0.3, -0.25) is 4.79 Å². The van der Waals surface area contributed by atoms with Gasteiger partial charge in [0.05, 0.1) is 12.5 Å². The molecule has 0 aromatic heterocycles. The van der Waals surface area contributed by atoms with E-state index in [1.807, 2.05) is 0 Å². The van der Waals surface area contributed by atoms with Crippen molar-refractivity contribution < 1.29 is 62.8 Å². The molecule has 0 unspecified atom stereocenters.